The highest BCUT2D eigenvalue weighted by Gasteiger charge is 2.31. The van der Waals surface area contributed by atoms with Gasteiger partial charge in [-0.3, -0.25) is 9.59 Å². The molecule has 0 saturated carbocycles. The molecule has 6 atom stereocenters. The molecule has 2 bridgehead atoms. The molecule has 0 spiro atoms. The van der Waals surface area contributed by atoms with Crippen molar-refractivity contribution in [3.8, 4) is 0 Å². The lowest BCUT2D eigenvalue weighted by Crippen LogP contribution is -2.37. The number of rotatable bonds is 6. The summed E-state index contributed by atoms with van der Waals surface area (Å²) in [5, 5.41) is 18.8. The van der Waals surface area contributed by atoms with Gasteiger partial charge in [0.25, 0.3) is 5.91 Å². The van der Waals surface area contributed by atoms with Crippen LogP contribution in [0.2, 0.25) is 5.02 Å². The summed E-state index contributed by atoms with van der Waals surface area (Å²) in [6, 6.07) is 7.18. The summed E-state index contributed by atoms with van der Waals surface area (Å²) in [7, 11) is 2.96. The lowest BCUT2D eigenvalue weighted by Gasteiger charge is -2.29. The number of allylic oxidation sites excluding steroid dienone is 5. The molecule has 1 heterocycles. The molecule has 2 aliphatic rings. The number of methoxy groups -OCH3 is 2. The fraction of sp³-hybridized carbons (Fsp3) is 0.429. The van der Waals surface area contributed by atoms with Gasteiger partial charge in [0.1, 0.15) is 18.4 Å². The summed E-state index contributed by atoms with van der Waals surface area (Å²) >= 11 is 6.08. The Morgan fingerprint density at radius 2 is 1.89 bits per heavy atom. The number of halogens is 1. The lowest BCUT2D eigenvalue weighted by molar-refractivity contribution is -0.119. The van der Waals surface area contributed by atoms with Crippen LogP contribution in [0.5, 0.6) is 0 Å². The normalized spacial score (nSPS) is 30.2. The number of aliphatic hydroxyl groups is 1. The van der Waals surface area contributed by atoms with E-state index >= 15 is 0 Å². The Morgan fingerprint density at radius 3 is 2.55 bits per heavy atom. The minimum Gasteiger partial charge on any atom is -0.439 e. The third kappa shape index (κ3) is 11.0. The van der Waals surface area contributed by atoms with Crippen molar-refractivity contribution in [1.29, 1.82) is 0 Å². The highest BCUT2D eigenvalue weighted by molar-refractivity contribution is 6.30. The smallest absolute Gasteiger partial charge is 0.405 e. The summed E-state index contributed by atoms with van der Waals surface area (Å²) in [6.07, 6.45) is 6.17. The average Bonchev–Trinajstić information content (AvgIpc) is 3.02. The number of nitrogens with one attached hydrogen (secondary N) is 1. The van der Waals surface area contributed by atoms with Gasteiger partial charge < -0.3 is 35.2 Å². The second kappa shape index (κ2) is 17.8. The molecule has 254 valence electrons. The van der Waals surface area contributed by atoms with Crippen molar-refractivity contribution in [2.75, 3.05) is 14.2 Å². The predicted octanol–water partition coefficient (Wildman–Crippen LogP) is 5.09. The van der Waals surface area contributed by atoms with Crippen LogP contribution in [0.4, 0.5) is 4.79 Å². The number of nitrogens with two attached hydrogens (primary N) is 1. The number of carbonyl (C=O) groups excluding carboxylic acids is 3. The number of hydrogen-bond donors (Lipinski definition) is 3. The fourth-order valence-electron chi connectivity index (χ4n) is 5.41. The van der Waals surface area contributed by atoms with E-state index in [1.54, 1.807) is 62.4 Å². The number of amides is 2. The maximum atomic E-state index is 13.6. The van der Waals surface area contributed by atoms with E-state index in [0.717, 1.165) is 5.56 Å². The number of nitrogens with zero attached hydrogens (tertiary/aromatic N) is 1. The molecule has 0 aromatic heterocycles. The Kier molecular flexibility index (Phi) is 14.1. The zero-order chi connectivity index (χ0) is 34.7. The van der Waals surface area contributed by atoms with E-state index in [2.05, 4.69) is 10.5 Å². The first kappa shape index (κ1) is 37.4. The van der Waals surface area contributed by atoms with Crippen molar-refractivity contribution in [2.45, 2.75) is 71.6 Å². The van der Waals surface area contributed by atoms with Crippen LogP contribution in [0.15, 0.2) is 88.3 Å². The van der Waals surface area contributed by atoms with Crippen molar-refractivity contribution >= 4 is 35.1 Å². The molecule has 1 aromatic carbocycles. The number of ether oxygens (including phenoxy) is 3. The average molecular weight is 670 g/mol. The Hall–Kier alpha value is -4.03. The van der Waals surface area contributed by atoms with Crippen LogP contribution >= 0.6 is 11.6 Å². The number of carbonyl (C=O) groups is 3. The van der Waals surface area contributed by atoms with E-state index in [1.165, 1.54) is 20.3 Å². The van der Waals surface area contributed by atoms with E-state index in [0.29, 0.717) is 40.3 Å². The molecule has 1 aliphatic heterocycles. The van der Waals surface area contributed by atoms with Gasteiger partial charge in [-0.1, -0.05) is 67.0 Å². The number of fused-ring (bicyclic) bond motifs is 2. The van der Waals surface area contributed by atoms with Crippen molar-refractivity contribution < 1.29 is 38.5 Å². The van der Waals surface area contributed by atoms with Gasteiger partial charge in [-0.25, -0.2) is 4.79 Å². The number of aliphatic hydroxyl groups excluding tert-OH is 1. The molecule has 2 amide bonds. The minimum absolute atomic E-state index is 0.0425. The molecule has 0 unspecified atom stereocenters. The van der Waals surface area contributed by atoms with Gasteiger partial charge in [0.15, 0.2) is 6.10 Å². The van der Waals surface area contributed by atoms with E-state index in [-0.39, 0.29) is 24.0 Å². The van der Waals surface area contributed by atoms with E-state index in [4.69, 9.17) is 36.4 Å². The molecule has 47 heavy (non-hydrogen) atoms. The molecule has 1 aliphatic carbocycles. The molecule has 11 nitrogen and oxygen atoms in total. The van der Waals surface area contributed by atoms with Gasteiger partial charge in [-0.15, -0.1) is 0 Å². The zero-order valence-electron chi connectivity index (χ0n) is 27.6. The standard InChI is InChI=1S/C35H44ClN3O8/c1-20-13-25-17-27(39-46-19-24-10-8-11-26(36)16-24)18-28(32(25)41)38-34(42)21(2)9-7-12-29(44-5)33(47-35(37)43)23(4)15-22(3)31(40)30(14-20)45-6/h7-12,15-18,20,22,29-31,33,40H,13-14,19H2,1-6H3,(H2,37,43)(H,38,42)/b12-7-,21-9+,23-15+,39-27-/t20-,22+,29+,30+,31-,33+/m1/s1. The Balaban J connectivity index is 2.02. The summed E-state index contributed by atoms with van der Waals surface area (Å²) in [5.74, 6) is -1.40. The fourth-order valence-corrected chi connectivity index (χ4v) is 5.62. The van der Waals surface area contributed by atoms with Crippen LogP contribution in [-0.4, -0.2) is 67.2 Å². The molecular formula is C35H44ClN3O8. The number of primary amides is 1. The first-order valence-electron chi connectivity index (χ1n) is 15.3. The van der Waals surface area contributed by atoms with Crippen LogP contribution in [0.25, 0.3) is 0 Å². The molecule has 1 aromatic rings. The summed E-state index contributed by atoms with van der Waals surface area (Å²) in [4.78, 5) is 44.2. The number of hydrogen-bond acceptors (Lipinski definition) is 9. The van der Waals surface area contributed by atoms with E-state index in [9.17, 15) is 19.5 Å². The maximum Gasteiger partial charge on any atom is 0.405 e. The molecule has 4 N–H and O–H groups in total. The number of Topliss-reactive ketones (excluding diaryl/α,β-unsaturated/α-hetero) is 1. The Morgan fingerprint density at radius 1 is 1.15 bits per heavy atom. The number of benzene rings is 1. The minimum atomic E-state index is -0.990. The molecular weight excluding hydrogens is 626 g/mol. The second-order valence-electron chi connectivity index (χ2n) is 11.8. The highest BCUT2D eigenvalue weighted by Crippen LogP contribution is 2.27. The van der Waals surface area contributed by atoms with Crippen molar-refractivity contribution in [2.24, 2.45) is 22.7 Å². The predicted molar refractivity (Wildman–Crippen MR) is 179 cm³/mol. The zero-order valence-corrected chi connectivity index (χ0v) is 28.3. The highest BCUT2D eigenvalue weighted by atomic mass is 35.5. The van der Waals surface area contributed by atoms with Crippen molar-refractivity contribution in [3.05, 3.63) is 93.7 Å². The van der Waals surface area contributed by atoms with Gasteiger partial charge in [-0.05, 0) is 68.0 Å². The van der Waals surface area contributed by atoms with E-state index < -0.39 is 42.3 Å². The third-order valence-electron chi connectivity index (χ3n) is 7.91. The Bertz CT molecular complexity index is 1490. The summed E-state index contributed by atoms with van der Waals surface area (Å²) in [5.41, 5.74) is 7.89. The molecule has 0 fully saturated rings. The summed E-state index contributed by atoms with van der Waals surface area (Å²) < 4.78 is 16.7. The molecule has 0 saturated heterocycles. The van der Waals surface area contributed by atoms with Crippen LogP contribution in [0.1, 0.15) is 46.1 Å². The first-order chi connectivity index (χ1) is 22.3. The quantitative estimate of drug-likeness (QED) is 0.215. The van der Waals surface area contributed by atoms with Gasteiger partial charge in [0, 0.05) is 36.3 Å². The second-order valence-corrected chi connectivity index (χ2v) is 12.2. The number of ketones is 1. The SMILES string of the molecule is CO[C@H]1/C=C\C=C(/C)C(=O)NC2=C/C(=N\OCc3cccc(Cl)c3)C=C(C[C@@H](C)C[C@H](OC)[C@H](O)[C@@H](C)/C=C(\C)[C@@H]1OC(N)=O)C2=O. The van der Waals surface area contributed by atoms with E-state index in [1.807, 2.05) is 19.9 Å². The molecule has 3 rings (SSSR count). The molecule has 0 radical (unpaired) electrons. The van der Waals surface area contributed by atoms with Crippen molar-refractivity contribution in [1.82, 2.24) is 5.32 Å². The van der Waals surface area contributed by atoms with Crippen LogP contribution < -0.4 is 11.1 Å². The lowest BCUT2D eigenvalue weighted by atomic mass is 9.86. The third-order valence-corrected chi connectivity index (χ3v) is 8.14. The summed E-state index contributed by atoms with van der Waals surface area (Å²) in [6.45, 7) is 7.27. The topological polar surface area (TPSA) is 159 Å². The van der Waals surface area contributed by atoms with Crippen LogP contribution in [-0.2, 0) is 35.2 Å². The largest absolute Gasteiger partial charge is 0.439 e. The monoisotopic (exact) mass is 669 g/mol. The Labute approximate surface area is 280 Å². The maximum absolute atomic E-state index is 13.6. The van der Waals surface area contributed by atoms with Crippen LogP contribution in [0, 0.1) is 11.8 Å². The molecule has 12 heteroatoms. The van der Waals surface area contributed by atoms with Crippen LogP contribution in [0.3, 0.4) is 0 Å². The van der Waals surface area contributed by atoms with Crippen molar-refractivity contribution in [3.63, 3.8) is 0 Å². The number of oxime groups is 1. The van der Waals surface area contributed by atoms with Gasteiger partial charge >= 0.3 is 6.09 Å². The van der Waals surface area contributed by atoms with Gasteiger partial charge in [-0.2, -0.15) is 0 Å². The first-order valence-corrected chi connectivity index (χ1v) is 15.7. The van der Waals surface area contributed by atoms with Gasteiger partial charge in [0.05, 0.1) is 17.9 Å². The van der Waals surface area contributed by atoms with Gasteiger partial charge in [0.2, 0.25) is 5.78 Å².